The van der Waals surface area contributed by atoms with Gasteiger partial charge in [0.1, 0.15) is 11.8 Å². The lowest BCUT2D eigenvalue weighted by atomic mass is 10.1. The molecule has 0 spiro atoms. The molecule has 1 aliphatic rings. The number of hydrogen-bond donors (Lipinski definition) is 2. The molecule has 1 aromatic heterocycles. The summed E-state index contributed by atoms with van der Waals surface area (Å²) in [5, 5.41) is 16.3. The zero-order valence-electron chi connectivity index (χ0n) is 18.4. The number of anilines is 1. The second-order valence-electron chi connectivity index (χ2n) is 8.26. The number of nitrogens with one attached hydrogen (secondary N) is 2. The summed E-state index contributed by atoms with van der Waals surface area (Å²) in [4.78, 5) is 12.0. The fourth-order valence-corrected chi connectivity index (χ4v) is 3.93. The highest BCUT2D eigenvalue weighted by Gasteiger charge is 2.27. The SMILES string of the molecule is CCCCNC(=O)Nc1ccc(-c2c(C#N)c3ccc(OC(F)F)cc3n2CC2CC2)cc1. The van der Waals surface area contributed by atoms with Crippen LogP contribution in [0, 0.1) is 17.2 Å². The molecule has 1 saturated carbocycles. The number of nitriles is 1. The summed E-state index contributed by atoms with van der Waals surface area (Å²) in [7, 11) is 0. The standard InChI is InChI=1S/C25H26F2N4O2/c1-2-3-12-29-25(32)30-18-8-6-17(7-9-18)23-21(14-28)20-11-10-19(33-24(26)27)13-22(20)31(23)15-16-4-5-16/h6-11,13,16,24H,2-5,12,15H2,1H3,(H2,29,30,32). The Morgan fingerprint density at radius 2 is 2.00 bits per heavy atom. The molecule has 0 aliphatic heterocycles. The second-order valence-corrected chi connectivity index (χ2v) is 8.26. The predicted octanol–water partition coefficient (Wildman–Crippen LogP) is 6.11. The Bertz CT molecular complexity index is 1180. The molecule has 0 unspecified atom stereocenters. The van der Waals surface area contributed by atoms with Gasteiger partial charge in [-0.05, 0) is 55.0 Å². The molecule has 172 valence electrons. The van der Waals surface area contributed by atoms with E-state index in [4.69, 9.17) is 0 Å². The minimum atomic E-state index is -2.91. The Hall–Kier alpha value is -3.60. The summed E-state index contributed by atoms with van der Waals surface area (Å²) in [6, 6.07) is 14.0. The first-order valence-corrected chi connectivity index (χ1v) is 11.2. The third-order valence-corrected chi connectivity index (χ3v) is 5.74. The maximum atomic E-state index is 12.8. The Morgan fingerprint density at radius 1 is 1.24 bits per heavy atom. The molecular formula is C25H26F2N4O2. The Balaban J connectivity index is 1.68. The van der Waals surface area contributed by atoms with Crippen molar-refractivity contribution in [2.45, 2.75) is 45.8 Å². The Kier molecular flexibility index (Phi) is 6.78. The van der Waals surface area contributed by atoms with E-state index in [1.807, 2.05) is 16.7 Å². The van der Waals surface area contributed by atoms with E-state index >= 15 is 0 Å². The fraction of sp³-hybridized carbons (Fsp3) is 0.360. The minimum absolute atomic E-state index is 0.0664. The van der Waals surface area contributed by atoms with Crippen molar-refractivity contribution in [3.8, 4) is 23.1 Å². The lowest BCUT2D eigenvalue weighted by Crippen LogP contribution is -2.29. The predicted molar refractivity (Wildman–Crippen MR) is 123 cm³/mol. The van der Waals surface area contributed by atoms with Crippen LogP contribution in [-0.2, 0) is 6.54 Å². The van der Waals surface area contributed by atoms with Gasteiger partial charge in [-0.15, -0.1) is 0 Å². The van der Waals surface area contributed by atoms with Crippen molar-refractivity contribution in [2.75, 3.05) is 11.9 Å². The van der Waals surface area contributed by atoms with Crippen LogP contribution in [0.4, 0.5) is 19.3 Å². The summed E-state index contributed by atoms with van der Waals surface area (Å²) in [5.41, 5.74) is 3.39. The number of urea groups is 1. The minimum Gasteiger partial charge on any atom is -0.435 e. The number of aromatic nitrogens is 1. The Labute approximate surface area is 191 Å². The van der Waals surface area contributed by atoms with Crippen LogP contribution in [0.25, 0.3) is 22.2 Å². The van der Waals surface area contributed by atoms with Crippen LogP contribution in [0.1, 0.15) is 38.2 Å². The van der Waals surface area contributed by atoms with E-state index in [0.29, 0.717) is 41.2 Å². The van der Waals surface area contributed by atoms with Crippen molar-refractivity contribution in [2.24, 2.45) is 5.92 Å². The van der Waals surface area contributed by atoms with Crippen LogP contribution in [0.2, 0.25) is 0 Å². The number of halogens is 2. The molecule has 33 heavy (non-hydrogen) atoms. The summed E-state index contributed by atoms with van der Waals surface area (Å²) >= 11 is 0. The number of nitrogens with zero attached hydrogens (tertiary/aromatic N) is 2. The molecular weight excluding hydrogens is 426 g/mol. The van der Waals surface area contributed by atoms with Crippen LogP contribution in [0.5, 0.6) is 5.75 Å². The number of carbonyl (C=O) groups is 1. The zero-order valence-corrected chi connectivity index (χ0v) is 18.4. The van der Waals surface area contributed by atoms with Crippen molar-refractivity contribution in [3.05, 3.63) is 48.0 Å². The third kappa shape index (κ3) is 5.25. The lowest BCUT2D eigenvalue weighted by molar-refractivity contribution is -0.0497. The van der Waals surface area contributed by atoms with Crippen LogP contribution in [0.3, 0.4) is 0 Å². The molecule has 2 amide bonds. The summed E-state index contributed by atoms with van der Waals surface area (Å²) in [6.07, 6.45) is 4.12. The quantitative estimate of drug-likeness (QED) is 0.384. The van der Waals surface area contributed by atoms with Crippen LogP contribution in [0.15, 0.2) is 42.5 Å². The molecule has 0 bridgehead atoms. The molecule has 1 heterocycles. The van der Waals surface area contributed by atoms with E-state index in [1.54, 1.807) is 24.3 Å². The summed E-state index contributed by atoms with van der Waals surface area (Å²) < 4.78 is 32.1. The van der Waals surface area contributed by atoms with Gasteiger partial charge in [0.15, 0.2) is 0 Å². The van der Waals surface area contributed by atoms with Crippen molar-refractivity contribution < 1.29 is 18.3 Å². The number of rotatable bonds is 9. The van der Waals surface area contributed by atoms with Crippen molar-refractivity contribution in [3.63, 3.8) is 0 Å². The highest BCUT2D eigenvalue weighted by molar-refractivity contribution is 5.96. The largest absolute Gasteiger partial charge is 0.435 e. The first-order chi connectivity index (χ1) is 16.0. The van der Waals surface area contributed by atoms with Gasteiger partial charge >= 0.3 is 12.6 Å². The number of carbonyl (C=O) groups excluding carboxylic acids is 1. The average molecular weight is 453 g/mol. The van der Waals surface area contributed by atoms with Gasteiger partial charge < -0.3 is 19.9 Å². The van der Waals surface area contributed by atoms with E-state index in [2.05, 4.69) is 28.4 Å². The smallest absolute Gasteiger partial charge is 0.387 e. The number of fused-ring (bicyclic) bond motifs is 1. The number of benzene rings is 2. The van der Waals surface area contributed by atoms with Crippen molar-refractivity contribution in [1.82, 2.24) is 9.88 Å². The summed E-state index contributed by atoms with van der Waals surface area (Å²) in [5.74, 6) is 0.565. The van der Waals surface area contributed by atoms with E-state index in [9.17, 15) is 18.8 Å². The highest BCUT2D eigenvalue weighted by atomic mass is 19.3. The number of unbranched alkanes of at least 4 members (excludes halogenated alkanes) is 1. The molecule has 2 N–H and O–H groups in total. The van der Waals surface area contributed by atoms with Gasteiger partial charge in [-0.3, -0.25) is 0 Å². The molecule has 0 radical (unpaired) electrons. The second kappa shape index (κ2) is 9.90. The average Bonchev–Trinajstić information content (AvgIpc) is 3.56. The molecule has 0 atom stereocenters. The molecule has 2 aromatic carbocycles. The van der Waals surface area contributed by atoms with Crippen LogP contribution >= 0.6 is 0 Å². The van der Waals surface area contributed by atoms with Crippen LogP contribution < -0.4 is 15.4 Å². The van der Waals surface area contributed by atoms with Gasteiger partial charge in [0.25, 0.3) is 0 Å². The van der Waals surface area contributed by atoms with E-state index in [-0.39, 0.29) is 11.8 Å². The van der Waals surface area contributed by atoms with E-state index < -0.39 is 6.61 Å². The molecule has 0 saturated heterocycles. The third-order valence-electron chi connectivity index (χ3n) is 5.74. The molecule has 4 rings (SSSR count). The zero-order chi connectivity index (χ0) is 23.4. The fourth-order valence-electron chi connectivity index (χ4n) is 3.93. The maximum absolute atomic E-state index is 12.8. The van der Waals surface area contributed by atoms with E-state index in [0.717, 1.165) is 36.9 Å². The summed E-state index contributed by atoms with van der Waals surface area (Å²) in [6.45, 7) is 0.460. The molecule has 6 nitrogen and oxygen atoms in total. The van der Waals surface area contributed by atoms with Gasteiger partial charge in [-0.1, -0.05) is 25.5 Å². The van der Waals surface area contributed by atoms with Gasteiger partial charge in [-0.2, -0.15) is 14.0 Å². The topological polar surface area (TPSA) is 79.1 Å². The van der Waals surface area contributed by atoms with Gasteiger partial charge in [-0.25, -0.2) is 4.79 Å². The Morgan fingerprint density at radius 3 is 2.64 bits per heavy atom. The maximum Gasteiger partial charge on any atom is 0.387 e. The van der Waals surface area contributed by atoms with Crippen LogP contribution in [-0.4, -0.2) is 23.8 Å². The number of ether oxygens (including phenoxy) is 1. The molecule has 8 heteroatoms. The normalized spacial score (nSPS) is 13.2. The van der Waals surface area contributed by atoms with Crippen molar-refractivity contribution >= 4 is 22.6 Å². The lowest BCUT2D eigenvalue weighted by Gasteiger charge is -2.13. The van der Waals surface area contributed by atoms with Crippen molar-refractivity contribution in [1.29, 1.82) is 5.26 Å². The van der Waals surface area contributed by atoms with Gasteiger partial charge in [0.05, 0.1) is 16.8 Å². The van der Waals surface area contributed by atoms with Gasteiger partial charge in [0.2, 0.25) is 0 Å². The first kappa shape index (κ1) is 22.6. The monoisotopic (exact) mass is 452 g/mol. The number of alkyl halides is 2. The molecule has 1 fully saturated rings. The van der Waals surface area contributed by atoms with E-state index in [1.165, 1.54) is 6.07 Å². The molecule has 1 aliphatic carbocycles. The first-order valence-electron chi connectivity index (χ1n) is 11.2. The number of amides is 2. The highest BCUT2D eigenvalue weighted by Crippen LogP contribution is 2.39. The molecule has 3 aromatic rings. The van der Waals surface area contributed by atoms with Gasteiger partial charge in [0, 0.05) is 30.2 Å². The number of hydrogen-bond acceptors (Lipinski definition) is 3.